The van der Waals surface area contributed by atoms with Crippen LogP contribution in [-0.4, -0.2) is 39.1 Å². The van der Waals surface area contributed by atoms with Gasteiger partial charge in [0.1, 0.15) is 29.1 Å². The van der Waals surface area contributed by atoms with Gasteiger partial charge < -0.3 is 9.47 Å². The van der Waals surface area contributed by atoms with Crippen molar-refractivity contribution in [1.29, 1.82) is 0 Å². The Morgan fingerprint density at radius 2 is 1.76 bits per heavy atom. The number of ketones is 2. The van der Waals surface area contributed by atoms with E-state index in [1.165, 1.54) is 12.2 Å². The molecule has 4 rings (SSSR count). The summed E-state index contributed by atoms with van der Waals surface area (Å²) in [6, 6.07) is 16.4. The summed E-state index contributed by atoms with van der Waals surface area (Å²) < 4.78 is 11.2. The van der Waals surface area contributed by atoms with Gasteiger partial charge in [-0.05, 0) is 60.2 Å². The quantitative estimate of drug-likeness (QED) is 0.283. The van der Waals surface area contributed by atoms with Gasteiger partial charge in [-0.1, -0.05) is 18.2 Å². The van der Waals surface area contributed by atoms with Crippen molar-refractivity contribution in [2.45, 2.75) is 13.0 Å². The molecule has 8 nitrogen and oxygen atoms in total. The number of benzene rings is 2. The van der Waals surface area contributed by atoms with Gasteiger partial charge in [0.2, 0.25) is 0 Å². The first-order chi connectivity index (χ1) is 16.6. The summed E-state index contributed by atoms with van der Waals surface area (Å²) in [5.74, 6) is 0.575. The third kappa shape index (κ3) is 6.01. The standard InChI is InChI=1S/C26H22N4O4/c1-33-26-16-23(34-17-20-4-2-3-13-27-20)11-8-19(26)7-10-22(32)15-21(31)9-5-18-6-12-24-25(14-18)29-30-28-24/h2-14,16H,15,17H2,1H3,(H,28,29,30). The van der Waals surface area contributed by atoms with Crippen molar-refractivity contribution in [2.24, 2.45) is 0 Å². The molecule has 0 aliphatic heterocycles. The second-order valence-corrected chi connectivity index (χ2v) is 7.36. The highest BCUT2D eigenvalue weighted by Crippen LogP contribution is 2.26. The van der Waals surface area contributed by atoms with Gasteiger partial charge in [0.15, 0.2) is 11.6 Å². The molecule has 0 fully saturated rings. The van der Waals surface area contributed by atoms with E-state index in [2.05, 4.69) is 20.4 Å². The molecule has 2 aromatic heterocycles. The van der Waals surface area contributed by atoms with Gasteiger partial charge in [-0.15, -0.1) is 0 Å². The summed E-state index contributed by atoms with van der Waals surface area (Å²) in [7, 11) is 1.54. The lowest BCUT2D eigenvalue weighted by molar-refractivity contribution is -0.121. The van der Waals surface area contributed by atoms with Crippen molar-refractivity contribution in [3.63, 3.8) is 0 Å². The minimum Gasteiger partial charge on any atom is -0.496 e. The van der Waals surface area contributed by atoms with Crippen LogP contribution in [-0.2, 0) is 16.2 Å². The maximum atomic E-state index is 12.3. The van der Waals surface area contributed by atoms with E-state index in [4.69, 9.17) is 9.47 Å². The average molecular weight is 454 g/mol. The van der Waals surface area contributed by atoms with E-state index >= 15 is 0 Å². The fraction of sp³-hybridized carbons (Fsp3) is 0.115. The molecule has 2 aromatic carbocycles. The Labute approximate surface area is 195 Å². The van der Waals surface area contributed by atoms with Crippen molar-refractivity contribution in [1.82, 2.24) is 20.4 Å². The first-order valence-electron chi connectivity index (χ1n) is 10.5. The first kappa shape index (κ1) is 22.6. The van der Waals surface area contributed by atoms with Gasteiger partial charge in [-0.2, -0.15) is 15.4 Å². The predicted molar refractivity (Wildman–Crippen MR) is 128 cm³/mol. The van der Waals surface area contributed by atoms with Crippen LogP contribution in [0.15, 0.2) is 72.9 Å². The predicted octanol–water partition coefficient (Wildman–Crippen LogP) is 4.20. The van der Waals surface area contributed by atoms with Crippen LogP contribution in [0.2, 0.25) is 0 Å². The number of nitrogens with one attached hydrogen (secondary N) is 1. The van der Waals surface area contributed by atoms with Gasteiger partial charge in [-0.25, -0.2) is 0 Å². The number of hydrogen-bond donors (Lipinski definition) is 1. The molecule has 0 saturated heterocycles. The Balaban J connectivity index is 1.33. The molecule has 1 N–H and O–H groups in total. The highest BCUT2D eigenvalue weighted by Gasteiger charge is 2.07. The Morgan fingerprint density at radius 3 is 2.56 bits per heavy atom. The van der Waals surface area contributed by atoms with Gasteiger partial charge in [0.05, 0.1) is 19.2 Å². The topological polar surface area (TPSA) is 107 Å². The monoisotopic (exact) mass is 454 g/mol. The van der Waals surface area contributed by atoms with Crippen LogP contribution in [0.5, 0.6) is 11.5 Å². The number of hydrogen-bond acceptors (Lipinski definition) is 7. The molecule has 0 aliphatic carbocycles. The zero-order valence-corrected chi connectivity index (χ0v) is 18.5. The lowest BCUT2D eigenvalue weighted by atomic mass is 10.1. The van der Waals surface area contributed by atoms with Gasteiger partial charge in [-0.3, -0.25) is 14.6 Å². The number of fused-ring (bicyclic) bond motifs is 1. The number of aromatic amines is 1. The van der Waals surface area contributed by atoms with E-state index < -0.39 is 0 Å². The summed E-state index contributed by atoms with van der Waals surface area (Å²) >= 11 is 0. The number of aromatic nitrogens is 4. The second kappa shape index (κ2) is 10.8. The normalized spacial score (nSPS) is 11.3. The highest BCUT2D eigenvalue weighted by atomic mass is 16.5. The second-order valence-electron chi connectivity index (χ2n) is 7.36. The molecule has 0 radical (unpaired) electrons. The van der Waals surface area contributed by atoms with E-state index in [9.17, 15) is 9.59 Å². The van der Waals surface area contributed by atoms with Crippen LogP contribution in [0.4, 0.5) is 0 Å². The van der Waals surface area contributed by atoms with Crippen LogP contribution in [0.25, 0.3) is 23.2 Å². The molecule has 34 heavy (non-hydrogen) atoms. The number of methoxy groups -OCH3 is 1. The summed E-state index contributed by atoms with van der Waals surface area (Å²) in [6.07, 6.45) is 7.52. The smallest absolute Gasteiger partial charge is 0.163 e. The Morgan fingerprint density at radius 1 is 0.941 bits per heavy atom. The van der Waals surface area contributed by atoms with E-state index in [0.717, 1.165) is 16.8 Å². The van der Waals surface area contributed by atoms with Crippen LogP contribution in [0.3, 0.4) is 0 Å². The molecule has 2 heterocycles. The minimum absolute atomic E-state index is 0.229. The number of H-pyrrole nitrogens is 1. The van der Waals surface area contributed by atoms with E-state index in [1.807, 2.05) is 24.3 Å². The van der Waals surface area contributed by atoms with Gasteiger partial charge >= 0.3 is 0 Å². The summed E-state index contributed by atoms with van der Waals surface area (Å²) in [4.78, 5) is 28.7. The Bertz CT molecular complexity index is 1360. The van der Waals surface area contributed by atoms with Crippen molar-refractivity contribution in [2.75, 3.05) is 7.11 Å². The zero-order valence-electron chi connectivity index (χ0n) is 18.5. The first-order valence-corrected chi connectivity index (χ1v) is 10.5. The van der Waals surface area contributed by atoms with Crippen molar-refractivity contribution < 1.29 is 19.1 Å². The van der Waals surface area contributed by atoms with Crippen molar-refractivity contribution >= 4 is 34.8 Å². The third-order valence-electron chi connectivity index (χ3n) is 4.92. The number of ether oxygens (including phenoxy) is 2. The third-order valence-corrected chi connectivity index (χ3v) is 4.92. The zero-order chi connectivity index (χ0) is 23.8. The molecule has 0 unspecified atom stereocenters. The summed E-state index contributed by atoms with van der Waals surface area (Å²) in [6.45, 7) is 0.333. The van der Waals surface area contributed by atoms with E-state index in [0.29, 0.717) is 29.2 Å². The molecule has 0 bridgehead atoms. The summed E-state index contributed by atoms with van der Waals surface area (Å²) in [5, 5.41) is 10.5. The molecular weight excluding hydrogens is 432 g/mol. The fourth-order valence-corrected chi connectivity index (χ4v) is 3.18. The number of carbonyl (C=O) groups is 2. The van der Waals surface area contributed by atoms with Gasteiger partial charge in [0, 0.05) is 17.8 Å². The maximum absolute atomic E-state index is 12.3. The number of pyridine rings is 1. The highest BCUT2D eigenvalue weighted by molar-refractivity contribution is 6.11. The molecule has 0 atom stereocenters. The minimum atomic E-state index is -0.306. The largest absolute Gasteiger partial charge is 0.496 e. The number of carbonyl (C=O) groups excluding carboxylic acids is 2. The molecule has 0 amide bonds. The van der Waals surface area contributed by atoms with Crippen molar-refractivity contribution in [3.05, 3.63) is 89.8 Å². The Kier molecular flexibility index (Phi) is 7.19. The average Bonchev–Trinajstić information content (AvgIpc) is 3.34. The molecule has 8 heteroatoms. The SMILES string of the molecule is COc1cc(OCc2ccccn2)ccc1C=CC(=O)CC(=O)C=Cc1ccc2n[nH]nc2c1. The number of allylic oxidation sites excluding steroid dienone is 2. The molecule has 4 aromatic rings. The van der Waals surface area contributed by atoms with Crippen LogP contribution in [0, 0.1) is 0 Å². The molecular formula is C26H22N4O4. The molecule has 0 aliphatic rings. The van der Waals surface area contributed by atoms with E-state index in [-0.39, 0.29) is 18.0 Å². The van der Waals surface area contributed by atoms with E-state index in [1.54, 1.807) is 55.8 Å². The number of nitrogens with zero attached hydrogens (tertiary/aromatic N) is 3. The Hall–Kier alpha value is -4.59. The summed E-state index contributed by atoms with van der Waals surface area (Å²) in [5.41, 5.74) is 3.76. The van der Waals surface area contributed by atoms with Crippen LogP contribution in [0.1, 0.15) is 23.2 Å². The van der Waals surface area contributed by atoms with Crippen LogP contribution >= 0.6 is 0 Å². The van der Waals surface area contributed by atoms with Crippen molar-refractivity contribution in [3.8, 4) is 11.5 Å². The lowest BCUT2D eigenvalue weighted by Crippen LogP contribution is -2.02. The molecule has 170 valence electrons. The molecule has 0 spiro atoms. The maximum Gasteiger partial charge on any atom is 0.163 e. The fourth-order valence-electron chi connectivity index (χ4n) is 3.18. The van der Waals surface area contributed by atoms with Gasteiger partial charge in [0.25, 0.3) is 0 Å². The number of rotatable bonds is 10. The lowest BCUT2D eigenvalue weighted by Gasteiger charge is -2.09. The van der Waals surface area contributed by atoms with Crippen LogP contribution < -0.4 is 9.47 Å². The molecule has 0 saturated carbocycles.